The SMILES string of the molecule is CN(CC1CC(O)C1)S(=O)(=O)c1ccc(NN)nc1. The number of nitrogens with two attached hydrogens (primary N) is 1. The summed E-state index contributed by atoms with van der Waals surface area (Å²) in [4.78, 5) is 4.02. The van der Waals surface area contributed by atoms with Gasteiger partial charge in [0.25, 0.3) is 0 Å². The van der Waals surface area contributed by atoms with Gasteiger partial charge in [0.15, 0.2) is 0 Å². The van der Waals surface area contributed by atoms with Crippen LogP contribution in [0.1, 0.15) is 12.8 Å². The molecule has 0 bridgehead atoms. The van der Waals surface area contributed by atoms with E-state index >= 15 is 0 Å². The highest BCUT2D eigenvalue weighted by atomic mass is 32.2. The molecule has 2 rings (SSSR count). The normalized spacial score (nSPS) is 23.2. The van der Waals surface area contributed by atoms with Gasteiger partial charge in [-0.3, -0.25) is 0 Å². The first-order valence-corrected chi connectivity index (χ1v) is 7.44. The van der Waals surface area contributed by atoms with Gasteiger partial charge in [-0.15, -0.1) is 0 Å². The molecule has 0 aromatic carbocycles. The molecule has 4 N–H and O–H groups in total. The molecule has 0 spiro atoms. The van der Waals surface area contributed by atoms with Crippen LogP contribution in [-0.4, -0.2) is 42.5 Å². The molecule has 0 aliphatic heterocycles. The Morgan fingerprint density at radius 3 is 2.68 bits per heavy atom. The van der Waals surface area contributed by atoms with E-state index in [1.807, 2.05) is 0 Å². The van der Waals surface area contributed by atoms with E-state index in [-0.39, 0.29) is 16.9 Å². The van der Waals surface area contributed by atoms with Gasteiger partial charge in [-0.1, -0.05) is 0 Å². The predicted octanol–water partition coefficient (Wildman–Crippen LogP) is -0.241. The number of aliphatic hydroxyl groups excluding tert-OH is 1. The van der Waals surface area contributed by atoms with Crippen molar-refractivity contribution in [2.24, 2.45) is 11.8 Å². The number of hydrogen-bond acceptors (Lipinski definition) is 6. The van der Waals surface area contributed by atoms with Crippen LogP contribution in [0.25, 0.3) is 0 Å². The fraction of sp³-hybridized carbons (Fsp3) is 0.545. The third-order valence-electron chi connectivity index (χ3n) is 3.32. The maximum atomic E-state index is 12.3. The van der Waals surface area contributed by atoms with Crippen LogP contribution >= 0.6 is 0 Å². The maximum Gasteiger partial charge on any atom is 0.244 e. The molecule has 0 radical (unpaired) electrons. The van der Waals surface area contributed by atoms with Gasteiger partial charge in [0.05, 0.1) is 6.10 Å². The van der Waals surface area contributed by atoms with Gasteiger partial charge in [0.1, 0.15) is 10.7 Å². The van der Waals surface area contributed by atoms with Gasteiger partial charge >= 0.3 is 0 Å². The van der Waals surface area contributed by atoms with Gasteiger partial charge < -0.3 is 10.5 Å². The molecule has 0 unspecified atom stereocenters. The molecule has 1 aromatic rings. The van der Waals surface area contributed by atoms with Gasteiger partial charge in [0.2, 0.25) is 10.0 Å². The number of hydrazine groups is 1. The molecule has 106 valence electrons. The van der Waals surface area contributed by atoms with Crippen molar-refractivity contribution in [2.75, 3.05) is 19.0 Å². The summed E-state index contributed by atoms with van der Waals surface area (Å²) in [6.45, 7) is 0.413. The molecule has 0 saturated heterocycles. The fourth-order valence-corrected chi connectivity index (χ4v) is 3.30. The number of pyridine rings is 1. The van der Waals surface area contributed by atoms with Gasteiger partial charge in [-0.25, -0.2) is 23.5 Å². The third kappa shape index (κ3) is 3.03. The standard InChI is InChI=1S/C11H18N4O3S/c1-15(7-8-4-9(16)5-8)19(17,18)10-2-3-11(14-12)13-6-10/h2-3,6,8-9,16H,4-5,7,12H2,1H3,(H,13,14). The Bertz CT molecular complexity index is 525. The van der Waals surface area contributed by atoms with E-state index in [0.29, 0.717) is 25.2 Å². The molecule has 1 aliphatic rings. The Kier molecular flexibility index (Phi) is 4.04. The van der Waals surface area contributed by atoms with Gasteiger partial charge in [-0.05, 0) is 30.9 Å². The summed E-state index contributed by atoms with van der Waals surface area (Å²) in [5.74, 6) is 5.81. The molecule has 7 nitrogen and oxygen atoms in total. The van der Waals surface area contributed by atoms with Crippen molar-refractivity contribution in [1.82, 2.24) is 9.29 Å². The second kappa shape index (κ2) is 5.41. The van der Waals surface area contributed by atoms with E-state index in [4.69, 9.17) is 5.84 Å². The lowest BCUT2D eigenvalue weighted by molar-refractivity contribution is 0.0367. The molecular weight excluding hydrogens is 268 g/mol. The highest BCUT2D eigenvalue weighted by molar-refractivity contribution is 7.89. The van der Waals surface area contributed by atoms with Crippen molar-refractivity contribution < 1.29 is 13.5 Å². The number of rotatable bonds is 5. The largest absolute Gasteiger partial charge is 0.393 e. The first-order valence-electron chi connectivity index (χ1n) is 6.00. The Hall–Kier alpha value is -1.22. The minimum atomic E-state index is -3.53. The molecule has 0 atom stereocenters. The van der Waals surface area contributed by atoms with E-state index in [9.17, 15) is 13.5 Å². The van der Waals surface area contributed by atoms with Crippen LogP contribution in [0.2, 0.25) is 0 Å². The number of hydrogen-bond donors (Lipinski definition) is 3. The first kappa shape index (κ1) is 14.2. The van der Waals surface area contributed by atoms with Crippen molar-refractivity contribution in [2.45, 2.75) is 23.8 Å². The minimum absolute atomic E-state index is 0.133. The van der Waals surface area contributed by atoms with E-state index in [1.54, 1.807) is 0 Å². The maximum absolute atomic E-state index is 12.3. The number of nitrogens with one attached hydrogen (secondary N) is 1. The zero-order chi connectivity index (χ0) is 14.0. The Balaban J connectivity index is 2.07. The number of aliphatic hydroxyl groups is 1. The van der Waals surface area contributed by atoms with E-state index in [1.165, 1.54) is 29.7 Å². The summed E-state index contributed by atoms with van der Waals surface area (Å²) >= 11 is 0. The molecule has 1 aromatic heterocycles. The van der Waals surface area contributed by atoms with E-state index < -0.39 is 10.0 Å². The summed E-state index contributed by atoms with van der Waals surface area (Å²) in [6, 6.07) is 2.97. The predicted molar refractivity (Wildman–Crippen MR) is 70.6 cm³/mol. The Morgan fingerprint density at radius 2 is 2.21 bits per heavy atom. The molecule has 1 saturated carbocycles. The number of sulfonamides is 1. The average Bonchev–Trinajstić information content (AvgIpc) is 2.36. The van der Waals surface area contributed by atoms with Crippen molar-refractivity contribution >= 4 is 15.8 Å². The molecule has 0 amide bonds. The van der Waals surface area contributed by atoms with Crippen LogP contribution in [0.15, 0.2) is 23.2 Å². The molecule has 1 aliphatic carbocycles. The van der Waals surface area contributed by atoms with Crippen molar-refractivity contribution in [1.29, 1.82) is 0 Å². The highest BCUT2D eigenvalue weighted by Crippen LogP contribution is 2.29. The summed E-state index contributed by atoms with van der Waals surface area (Å²) < 4.78 is 25.8. The molecular formula is C11H18N4O3S. The van der Waals surface area contributed by atoms with Crippen molar-refractivity contribution in [3.05, 3.63) is 18.3 Å². The van der Waals surface area contributed by atoms with Gasteiger partial charge in [-0.2, -0.15) is 0 Å². The Morgan fingerprint density at radius 1 is 1.53 bits per heavy atom. The summed E-state index contributed by atoms with van der Waals surface area (Å²) in [7, 11) is -2.00. The van der Waals surface area contributed by atoms with Gasteiger partial charge in [0, 0.05) is 19.8 Å². The fourth-order valence-electron chi connectivity index (χ4n) is 2.11. The molecule has 8 heteroatoms. The van der Waals surface area contributed by atoms with E-state index in [2.05, 4.69) is 10.4 Å². The lowest BCUT2D eigenvalue weighted by Crippen LogP contribution is -2.39. The van der Waals surface area contributed by atoms with E-state index in [0.717, 1.165) is 0 Å². The first-order chi connectivity index (χ1) is 8.93. The summed E-state index contributed by atoms with van der Waals surface area (Å²) in [5.41, 5.74) is 2.34. The topological polar surface area (TPSA) is 109 Å². The van der Waals surface area contributed by atoms with Crippen molar-refractivity contribution in [3.63, 3.8) is 0 Å². The second-order valence-corrected chi connectivity index (χ2v) is 6.85. The number of anilines is 1. The van der Waals surface area contributed by atoms with Crippen LogP contribution in [0.5, 0.6) is 0 Å². The monoisotopic (exact) mass is 286 g/mol. The molecule has 1 heterocycles. The molecule has 1 fully saturated rings. The minimum Gasteiger partial charge on any atom is -0.393 e. The number of nitrogen functional groups attached to an aromatic ring is 1. The Labute approximate surface area is 112 Å². The average molecular weight is 286 g/mol. The zero-order valence-corrected chi connectivity index (χ0v) is 11.5. The third-order valence-corrected chi connectivity index (χ3v) is 5.13. The summed E-state index contributed by atoms with van der Waals surface area (Å²) in [5, 5.41) is 9.21. The summed E-state index contributed by atoms with van der Waals surface area (Å²) in [6.07, 6.45) is 2.32. The highest BCUT2D eigenvalue weighted by Gasteiger charge is 2.31. The lowest BCUT2D eigenvalue weighted by Gasteiger charge is -2.34. The second-order valence-electron chi connectivity index (χ2n) is 4.80. The quantitative estimate of drug-likeness (QED) is 0.509. The molecule has 19 heavy (non-hydrogen) atoms. The van der Waals surface area contributed by atoms with Crippen LogP contribution in [0, 0.1) is 5.92 Å². The van der Waals surface area contributed by atoms with Crippen molar-refractivity contribution in [3.8, 4) is 0 Å². The lowest BCUT2D eigenvalue weighted by atomic mass is 9.82. The van der Waals surface area contributed by atoms with Crippen LogP contribution in [0.3, 0.4) is 0 Å². The van der Waals surface area contributed by atoms with Crippen LogP contribution in [0.4, 0.5) is 5.82 Å². The van der Waals surface area contributed by atoms with Crippen LogP contribution < -0.4 is 11.3 Å². The smallest absolute Gasteiger partial charge is 0.244 e. The number of aromatic nitrogens is 1. The zero-order valence-electron chi connectivity index (χ0n) is 10.7. The van der Waals surface area contributed by atoms with Crippen LogP contribution in [-0.2, 0) is 10.0 Å². The number of nitrogens with zero attached hydrogens (tertiary/aromatic N) is 2.